The molecule has 0 saturated heterocycles. The minimum Gasteiger partial charge on any atom is -0.455 e. The van der Waals surface area contributed by atoms with E-state index in [9.17, 15) is 0 Å². The lowest BCUT2D eigenvalue weighted by Crippen LogP contribution is -2.55. The molecule has 16 rings (SSSR count). The van der Waals surface area contributed by atoms with Crippen molar-refractivity contribution in [3.63, 3.8) is 0 Å². The molecule has 1 aromatic heterocycles. The van der Waals surface area contributed by atoms with Crippen molar-refractivity contribution in [2.24, 2.45) is 35.5 Å². The number of fused-ring (bicyclic) bond motifs is 14. The molecule has 0 aliphatic heterocycles. The smallest absolute Gasteiger partial charge is 0.143 e. The number of furan rings is 1. The number of rotatable bonds is 4. The van der Waals surface area contributed by atoms with Crippen LogP contribution < -0.4 is 4.90 Å². The molecule has 61 heavy (non-hydrogen) atoms. The number of benzene rings is 7. The molecule has 0 radical (unpaired) electrons. The molecule has 296 valence electrons. The van der Waals surface area contributed by atoms with Gasteiger partial charge in [0.2, 0.25) is 0 Å². The van der Waals surface area contributed by atoms with Crippen molar-refractivity contribution in [1.82, 2.24) is 0 Å². The van der Waals surface area contributed by atoms with Crippen LogP contribution in [0.5, 0.6) is 0 Å². The van der Waals surface area contributed by atoms with E-state index in [0.717, 1.165) is 52.2 Å². The lowest BCUT2D eigenvalue weighted by Gasteiger charge is -2.61. The van der Waals surface area contributed by atoms with Crippen LogP contribution in [-0.4, -0.2) is 0 Å². The van der Waals surface area contributed by atoms with Gasteiger partial charge in [0.25, 0.3) is 0 Å². The van der Waals surface area contributed by atoms with E-state index < -0.39 is 0 Å². The normalized spacial score (nSPS) is 29.2. The number of hydrogen-bond donors (Lipinski definition) is 0. The maximum atomic E-state index is 6.53. The Morgan fingerprint density at radius 1 is 0.426 bits per heavy atom. The van der Waals surface area contributed by atoms with Crippen LogP contribution in [-0.2, 0) is 10.8 Å². The fraction of sp³-hybridized carbons (Fsp3) is 0.288. The van der Waals surface area contributed by atoms with Gasteiger partial charge in [-0.15, -0.1) is 0 Å². The van der Waals surface area contributed by atoms with Crippen LogP contribution in [0.4, 0.5) is 17.1 Å². The number of para-hydroxylation sites is 2. The third-order valence-electron chi connectivity index (χ3n) is 17.9. The Balaban J connectivity index is 0.915. The van der Waals surface area contributed by atoms with Crippen molar-refractivity contribution in [2.75, 3.05) is 4.90 Å². The van der Waals surface area contributed by atoms with Gasteiger partial charge in [0.05, 0.1) is 0 Å². The van der Waals surface area contributed by atoms with Crippen LogP contribution in [0.1, 0.15) is 80.0 Å². The quantitative estimate of drug-likeness (QED) is 0.177. The molecular weight excluding hydrogens is 739 g/mol. The van der Waals surface area contributed by atoms with Crippen LogP contribution in [0.2, 0.25) is 0 Å². The van der Waals surface area contributed by atoms with E-state index in [0.29, 0.717) is 0 Å². The van der Waals surface area contributed by atoms with E-state index >= 15 is 0 Å². The van der Waals surface area contributed by atoms with Crippen molar-refractivity contribution < 1.29 is 4.42 Å². The first-order valence-corrected chi connectivity index (χ1v) is 23.4. The van der Waals surface area contributed by atoms with E-state index in [4.69, 9.17) is 4.42 Å². The fourth-order valence-corrected chi connectivity index (χ4v) is 16.0. The van der Waals surface area contributed by atoms with Gasteiger partial charge in [0.1, 0.15) is 11.2 Å². The Hall–Kier alpha value is -5.86. The van der Waals surface area contributed by atoms with E-state index in [1.807, 2.05) is 0 Å². The van der Waals surface area contributed by atoms with Gasteiger partial charge in [-0.3, -0.25) is 0 Å². The van der Waals surface area contributed by atoms with Crippen molar-refractivity contribution in [3.8, 4) is 33.4 Å². The van der Waals surface area contributed by atoms with E-state index in [-0.39, 0.29) is 10.8 Å². The molecule has 1 heterocycles. The van der Waals surface area contributed by atoms with Gasteiger partial charge >= 0.3 is 0 Å². The number of anilines is 3. The summed E-state index contributed by atoms with van der Waals surface area (Å²) in [7, 11) is 0. The van der Waals surface area contributed by atoms with Crippen LogP contribution in [0.3, 0.4) is 0 Å². The van der Waals surface area contributed by atoms with Gasteiger partial charge in [-0.1, -0.05) is 116 Å². The van der Waals surface area contributed by atoms with E-state index in [1.165, 1.54) is 113 Å². The predicted molar refractivity (Wildman–Crippen MR) is 249 cm³/mol. The molecule has 6 bridgehead atoms. The first-order valence-electron chi connectivity index (χ1n) is 23.4. The predicted octanol–water partition coefficient (Wildman–Crippen LogP) is 15.5. The zero-order valence-electron chi connectivity index (χ0n) is 34.6. The summed E-state index contributed by atoms with van der Waals surface area (Å²) in [6, 6.07) is 58.5. The third-order valence-corrected chi connectivity index (χ3v) is 17.9. The zero-order chi connectivity index (χ0) is 39.6. The van der Waals surface area contributed by atoms with Crippen molar-refractivity contribution in [1.29, 1.82) is 0 Å². The second kappa shape index (κ2) is 11.9. The Kier molecular flexibility index (Phi) is 6.62. The van der Waals surface area contributed by atoms with Crippen molar-refractivity contribution in [3.05, 3.63) is 174 Å². The Morgan fingerprint density at radius 2 is 1.05 bits per heavy atom. The molecule has 2 spiro atoms. The zero-order valence-corrected chi connectivity index (χ0v) is 34.6. The molecule has 0 N–H and O–H groups in total. The van der Waals surface area contributed by atoms with Crippen LogP contribution in [0, 0.1) is 35.5 Å². The maximum absolute atomic E-state index is 6.53. The highest BCUT2D eigenvalue weighted by Crippen LogP contribution is 2.70. The van der Waals surface area contributed by atoms with E-state index in [1.54, 1.807) is 22.3 Å². The summed E-state index contributed by atoms with van der Waals surface area (Å²) in [4.78, 5) is 2.58. The summed E-state index contributed by atoms with van der Waals surface area (Å²) in [6.07, 6.45) is 12.5. The first-order chi connectivity index (χ1) is 30.1. The summed E-state index contributed by atoms with van der Waals surface area (Å²) >= 11 is 0. The molecule has 0 amide bonds. The molecule has 8 aromatic rings. The van der Waals surface area contributed by atoms with Gasteiger partial charge < -0.3 is 9.32 Å². The van der Waals surface area contributed by atoms with Gasteiger partial charge in [0, 0.05) is 44.2 Å². The topological polar surface area (TPSA) is 16.4 Å². The highest BCUT2D eigenvalue weighted by Gasteiger charge is 2.62. The molecule has 2 heteroatoms. The van der Waals surface area contributed by atoms with Crippen LogP contribution in [0.15, 0.2) is 156 Å². The number of hydrogen-bond acceptors (Lipinski definition) is 2. The number of nitrogens with zero attached hydrogens (tertiary/aromatic N) is 1. The van der Waals surface area contributed by atoms with Crippen molar-refractivity contribution in [2.45, 2.75) is 68.6 Å². The van der Waals surface area contributed by atoms with Crippen molar-refractivity contribution >= 4 is 39.0 Å². The minimum absolute atomic E-state index is 0.119. The molecule has 2 nitrogen and oxygen atoms in total. The second-order valence-electron chi connectivity index (χ2n) is 20.4. The minimum atomic E-state index is 0.119. The summed E-state index contributed by atoms with van der Waals surface area (Å²) in [5, 5.41) is 2.34. The summed E-state index contributed by atoms with van der Waals surface area (Å²) in [6.45, 7) is 0. The molecule has 7 aromatic carbocycles. The Morgan fingerprint density at radius 3 is 1.84 bits per heavy atom. The molecule has 6 saturated carbocycles. The van der Waals surface area contributed by atoms with Gasteiger partial charge in [-0.05, 0) is 179 Å². The fourth-order valence-electron chi connectivity index (χ4n) is 16.0. The highest BCUT2D eigenvalue weighted by atomic mass is 16.3. The Bertz CT molecular complexity index is 3120. The summed E-state index contributed by atoms with van der Waals surface area (Å²) < 4.78 is 6.53. The maximum Gasteiger partial charge on any atom is 0.143 e. The van der Waals surface area contributed by atoms with Gasteiger partial charge in [0.15, 0.2) is 0 Å². The van der Waals surface area contributed by atoms with Gasteiger partial charge in [-0.2, -0.15) is 0 Å². The monoisotopic (exact) mass is 787 g/mol. The summed E-state index contributed by atoms with van der Waals surface area (Å²) in [5.41, 5.74) is 20.4. The lowest BCUT2D eigenvalue weighted by atomic mass is 9.43. The summed E-state index contributed by atoms with van der Waals surface area (Å²) in [5.74, 6) is 4.94. The van der Waals surface area contributed by atoms with Gasteiger partial charge in [-0.25, -0.2) is 0 Å². The molecule has 8 aliphatic carbocycles. The molecular formula is C59H49NO. The standard InChI is InChI=1S/C59H49NO/c1-4-13-52-46(8-1)48-24-22-44(33-55(48)58(52)34-35-16-19-39(58)27-35)60(42-20-17-38(18-21-42)45-11-7-12-50-49-10-3-6-15-56(49)61-57(45)50)43-23-25-54-51(32-43)47-9-2-5-14-53(47)59(54)40-28-36-26-37(30-40)31-41(59)29-36/h1-15,17-18,20-25,32-33,35-37,39-41H,16,19,26-31,34H2. The SMILES string of the molecule is c1ccc2c(c1)-c1ccc(N(c3ccc(-c4cccc5c4oc4ccccc45)cc3)c3ccc4c(c3)-c3ccccc3C43C4CC5CC(C4)CC3C5)cc1C21CC2CCC1C2. The lowest BCUT2D eigenvalue weighted by molar-refractivity contribution is -0.0399. The largest absolute Gasteiger partial charge is 0.455 e. The van der Waals surface area contributed by atoms with Crippen LogP contribution >= 0.6 is 0 Å². The molecule has 6 fully saturated rings. The molecule has 3 unspecified atom stereocenters. The second-order valence-corrected chi connectivity index (χ2v) is 20.4. The molecule has 8 aliphatic rings. The Labute approximate surface area is 358 Å². The van der Waals surface area contributed by atoms with Crippen LogP contribution in [0.25, 0.3) is 55.3 Å². The first kappa shape index (κ1) is 33.8. The average Bonchev–Trinajstić information content (AvgIpc) is 4.12. The third kappa shape index (κ3) is 4.29. The average molecular weight is 788 g/mol. The van der Waals surface area contributed by atoms with E-state index in [2.05, 4.69) is 157 Å². The molecule has 3 atom stereocenters. The highest BCUT2D eigenvalue weighted by molar-refractivity contribution is 6.09.